The summed E-state index contributed by atoms with van der Waals surface area (Å²) in [5.41, 5.74) is 3.34. The summed E-state index contributed by atoms with van der Waals surface area (Å²) < 4.78 is 0.898. The molecule has 154 valence electrons. The zero-order chi connectivity index (χ0) is 21.4. The molecular formula is C23H17BrN4O2S. The summed E-state index contributed by atoms with van der Waals surface area (Å²) in [5.74, 6) is -0.581. The van der Waals surface area contributed by atoms with Gasteiger partial charge in [-0.25, -0.2) is 9.97 Å². The summed E-state index contributed by atoms with van der Waals surface area (Å²) in [6, 6.07) is 18.9. The minimum atomic E-state index is -0.388. The number of benzene rings is 2. The van der Waals surface area contributed by atoms with Gasteiger partial charge in [0.05, 0.1) is 5.92 Å². The van der Waals surface area contributed by atoms with Gasteiger partial charge in [0, 0.05) is 40.6 Å². The second kappa shape index (κ2) is 8.20. The van der Waals surface area contributed by atoms with Crippen molar-refractivity contribution in [3.63, 3.8) is 0 Å². The number of thiazole rings is 1. The van der Waals surface area contributed by atoms with Gasteiger partial charge in [-0.3, -0.25) is 9.59 Å². The van der Waals surface area contributed by atoms with Gasteiger partial charge < -0.3 is 10.2 Å². The molecule has 2 aromatic heterocycles. The highest BCUT2D eigenvalue weighted by Gasteiger charge is 2.35. The number of rotatable bonds is 4. The van der Waals surface area contributed by atoms with Crippen molar-refractivity contribution in [2.24, 2.45) is 5.92 Å². The number of pyridine rings is 1. The molecule has 1 fully saturated rings. The highest BCUT2D eigenvalue weighted by atomic mass is 79.9. The van der Waals surface area contributed by atoms with Crippen molar-refractivity contribution in [2.45, 2.75) is 6.42 Å². The number of hydrogen-bond acceptors (Lipinski definition) is 5. The third-order valence-electron chi connectivity index (χ3n) is 5.18. The first-order valence-corrected chi connectivity index (χ1v) is 11.4. The third-order valence-corrected chi connectivity index (χ3v) is 6.70. The van der Waals surface area contributed by atoms with Crippen LogP contribution in [-0.4, -0.2) is 28.3 Å². The Bertz CT molecular complexity index is 1260. The minimum absolute atomic E-state index is 0.0435. The van der Waals surface area contributed by atoms with E-state index < -0.39 is 0 Å². The maximum Gasteiger partial charge on any atom is 0.229 e. The lowest BCUT2D eigenvalue weighted by Crippen LogP contribution is -2.28. The van der Waals surface area contributed by atoms with Crippen LogP contribution in [0.15, 0.2) is 71.3 Å². The van der Waals surface area contributed by atoms with E-state index in [2.05, 4.69) is 31.2 Å². The Morgan fingerprint density at radius 1 is 1.13 bits per heavy atom. The first kappa shape index (κ1) is 19.8. The Hall–Kier alpha value is -3.10. The van der Waals surface area contributed by atoms with Crippen molar-refractivity contribution < 1.29 is 9.59 Å². The smallest absolute Gasteiger partial charge is 0.229 e. The second-order valence-electron chi connectivity index (χ2n) is 7.30. The summed E-state index contributed by atoms with van der Waals surface area (Å²) in [7, 11) is 0. The molecule has 31 heavy (non-hydrogen) atoms. The summed E-state index contributed by atoms with van der Waals surface area (Å²) >= 11 is 4.96. The number of hydrogen-bond donors (Lipinski definition) is 1. The largest absolute Gasteiger partial charge is 0.326 e. The van der Waals surface area contributed by atoms with E-state index in [1.165, 1.54) is 11.3 Å². The fourth-order valence-corrected chi connectivity index (χ4v) is 4.91. The van der Waals surface area contributed by atoms with Crippen LogP contribution in [0.5, 0.6) is 0 Å². The van der Waals surface area contributed by atoms with E-state index in [1.807, 2.05) is 60.7 Å². The van der Waals surface area contributed by atoms with Crippen molar-refractivity contribution in [1.29, 1.82) is 0 Å². The first-order valence-electron chi connectivity index (χ1n) is 9.75. The van der Waals surface area contributed by atoms with E-state index in [9.17, 15) is 9.59 Å². The van der Waals surface area contributed by atoms with Crippen LogP contribution in [0.3, 0.4) is 0 Å². The average molecular weight is 493 g/mol. The number of nitrogens with one attached hydrogen (secondary N) is 1. The molecule has 1 saturated heterocycles. The Morgan fingerprint density at radius 2 is 1.97 bits per heavy atom. The number of amides is 2. The standard InChI is InChI=1S/C23H17BrN4O2S/c24-16-3-1-4-18(12-16)28-13-15(11-20(28)29)21(30)26-17-8-6-14(7-9-17)22-27-19-5-2-10-25-23(19)31-22/h1-10,12,15H,11,13H2,(H,26,30). The van der Waals surface area contributed by atoms with Gasteiger partial charge in [-0.1, -0.05) is 33.3 Å². The van der Waals surface area contributed by atoms with Gasteiger partial charge in [0.1, 0.15) is 15.4 Å². The highest BCUT2D eigenvalue weighted by molar-refractivity contribution is 9.10. The summed E-state index contributed by atoms with van der Waals surface area (Å²) in [4.78, 5) is 36.7. The minimum Gasteiger partial charge on any atom is -0.326 e. The van der Waals surface area contributed by atoms with Gasteiger partial charge in [-0.05, 0) is 54.6 Å². The Morgan fingerprint density at radius 3 is 2.74 bits per heavy atom. The fourth-order valence-electron chi connectivity index (χ4n) is 3.61. The van der Waals surface area contributed by atoms with E-state index in [4.69, 9.17) is 0 Å². The molecule has 1 unspecified atom stereocenters. The van der Waals surface area contributed by atoms with Crippen molar-refractivity contribution in [3.8, 4) is 10.6 Å². The zero-order valence-corrected chi connectivity index (χ0v) is 18.7. The van der Waals surface area contributed by atoms with E-state index >= 15 is 0 Å². The van der Waals surface area contributed by atoms with Gasteiger partial charge in [0.15, 0.2) is 0 Å². The van der Waals surface area contributed by atoms with E-state index in [0.29, 0.717) is 12.2 Å². The number of carbonyl (C=O) groups is 2. The van der Waals surface area contributed by atoms with E-state index in [0.717, 1.165) is 31.1 Å². The molecule has 8 heteroatoms. The molecule has 6 nitrogen and oxygen atoms in total. The molecular weight excluding hydrogens is 476 g/mol. The molecule has 0 saturated carbocycles. The first-order chi connectivity index (χ1) is 15.1. The molecule has 3 heterocycles. The Balaban J connectivity index is 1.27. The molecule has 4 aromatic rings. The van der Waals surface area contributed by atoms with Crippen molar-refractivity contribution in [2.75, 3.05) is 16.8 Å². The number of halogens is 1. The van der Waals surface area contributed by atoms with Crippen LogP contribution >= 0.6 is 27.3 Å². The van der Waals surface area contributed by atoms with Gasteiger partial charge in [-0.15, -0.1) is 0 Å². The number of fused-ring (bicyclic) bond motifs is 1. The Kier molecular flexibility index (Phi) is 5.25. The van der Waals surface area contributed by atoms with Crippen molar-refractivity contribution >= 4 is 60.8 Å². The molecule has 0 spiro atoms. The van der Waals surface area contributed by atoms with Crippen LogP contribution in [0.25, 0.3) is 20.9 Å². The van der Waals surface area contributed by atoms with Crippen LogP contribution in [0.4, 0.5) is 11.4 Å². The molecule has 2 aromatic carbocycles. The molecule has 1 atom stereocenters. The molecule has 0 radical (unpaired) electrons. The van der Waals surface area contributed by atoms with Gasteiger partial charge in [0.2, 0.25) is 11.8 Å². The topological polar surface area (TPSA) is 75.2 Å². The number of aromatic nitrogens is 2. The SMILES string of the molecule is O=C(Nc1ccc(-c2nc3cccnc3s2)cc1)C1CC(=O)N(c2cccc(Br)c2)C1. The normalized spacial score (nSPS) is 16.1. The van der Waals surface area contributed by atoms with Gasteiger partial charge >= 0.3 is 0 Å². The maximum atomic E-state index is 12.8. The predicted molar refractivity (Wildman–Crippen MR) is 126 cm³/mol. The molecule has 0 aliphatic carbocycles. The van der Waals surface area contributed by atoms with Crippen LogP contribution in [0.1, 0.15) is 6.42 Å². The van der Waals surface area contributed by atoms with Crippen molar-refractivity contribution in [3.05, 3.63) is 71.3 Å². The average Bonchev–Trinajstić information content (AvgIpc) is 3.38. The highest BCUT2D eigenvalue weighted by Crippen LogP contribution is 2.30. The monoisotopic (exact) mass is 492 g/mol. The zero-order valence-electron chi connectivity index (χ0n) is 16.3. The van der Waals surface area contributed by atoms with Gasteiger partial charge in [-0.2, -0.15) is 0 Å². The van der Waals surface area contributed by atoms with Crippen LogP contribution in [-0.2, 0) is 9.59 Å². The molecule has 5 rings (SSSR count). The number of carbonyl (C=O) groups excluding carboxylic acids is 2. The van der Waals surface area contributed by atoms with Crippen LogP contribution in [0.2, 0.25) is 0 Å². The van der Waals surface area contributed by atoms with E-state index in [-0.39, 0.29) is 24.2 Å². The molecule has 1 N–H and O–H groups in total. The van der Waals surface area contributed by atoms with Crippen LogP contribution in [0, 0.1) is 5.92 Å². The molecule has 0 bridgehead atoms. The van der Waals surface area contributed by atoms with Crippen LogP contribution < -0.4 is 10.2 Å². The fraction of sp³-hybridized carbons (Fsp3) is 0.130. The summed E-state index contributed by atoms with van der Waals surface area (Å²) in [6.45, 7) is 0.373. The molecule has 1 aliphatic rings. The number of anilines is 2. The van der Waals surface area contributed by atoms with Gasteiger partial charge in [0.25, 0.3) is 0 Å². The summed E-state index contributed by atoms with van der Waals surface area (Å²) in [6.07, 6.45) is 1.96. The maximum absolute atomic E-state index is 12.8. The number of nitrogens with zero attached hydrogens (tertiary/aromatic N) is 3. The Labute approximate surface area is 191 Å². The second-order valence-corrected chi connectivity index (χ2v) is 9.19. The third kappa shape index (κ3) is 4.08. The lowest BCUT2D eigenvalue weighted by atomic mass is 10.1. The predicted octanol–water partition coefficient (Wildman–Crippen LogP) is 5.11. The quantitative estimate of drug-likeness (QED) is 0.429. The lowest BCUT2D eigenvalue weighted by molar-refractivity contribution is -0.122. The molecule has 1 aliphatic heterocycles. The summed E-state index contributed by atoms with van der Waals surface area (Å²) in [5, 5.41) is 3.82. The van der Waals surface area contributed by atoms with E-state index in [1.54, 1.807) is 11.1 Å². The van der Waals surface area contributed by atoms with Crippen molar-refractivity contribution in [1.82, 2.24) is 9.97 Å². The lowest BCUT2D eigenvalue weighted by Gasteiger charge is -2.17. The molecule has 2 amide bonds.